The van der Waals surface area contributed by atoms with E-state index < -0.39 is 29.2 Å². The van der Waals surface area contributed by atoms with Gasteiger partial charge in [0.2, 0.25) is 0 Å². The van der Waals surface area contributed by atoms with Gasteiger partial charge in [0.25, 0.3) is 5.79 Å². The number of hydrogen-bond acceptors (Lipinski definition) is 5. The van der Waals surface area contributed by atoms with Gasteiger partial charge in [-0.05, 0) is 35.2 Å². The summed E-state index contributed by atoms with van der Waals surface area (Å²) in [5, 5.41) is 0. The van der Waals surface area contributed by atoms with E-state index >= 15 is 0 Å². The van der Waals surface area contributed by atoms with E-state index in [4.69, 9.17) is 9.47 Å². The van der Waals surface area contributed by atoms with Gasteiger partial charge in [-0.25, -0.2) is 0 Å². The van der Waals surface area contributed by atoms with Crippen LogP contribution in [0, 0.1) is 12.3 Å². The van der Waals surface area contributed by atoms with Crippen molar-refractivity contribution >= 4 is 17.6 Å². The van der Waals surface area contributed by atoms with Crippen LogP contribution in [0.25, 0.3) is 0 Å². The van der Waals surface area contributed by atoms with Crippen molar-refractivity contribution in [3.05, 3.63) is 101 Å². The fourth-order valence-corrected chi connectivity index (χ4v) is 5.05. The molecule has 0 saturated carbocycles. The Morgan fingerprint density at radius 1 is 0.879 bits per heavy atom. The number of carbonyl (C=O) groups is 2. The number of nitrogens with zero attached hydrogens (tertiary/aromatic N) is 1. The van der Waals surface area contributed by atoms with Crippen molar-refractivity contribution in [1.82, 2.24) is 0 Å². The Morgan fingerprint density at radius 3 is 2.12 bits per heavy atom. The van der Waals surface area contributed by atoms with Crippen LogP contribution in [0.3, 0.4) is 0 Å². The van der Waals surface area contributed by atoms with Crippen LogP contribution >= 0.6 is 0 Å². The highest BCUT2D eigenvalue weighted by Gasteiger charge is 2.64. The normalized spacial score (nSPS) is 20.7. The lowest BCUT2D eigenvalue weighted by Crippen LogP contribution is -2.62. The lowest BCUT2D eigenvalue weighted by atomic mass is 9.68. The van der Waals surface area contributed by atoms with Crippen molar-refractivity contribution in [3.8, 4) is 0 Å². The predicted molar refractivity (Wildman–Crippen MR) is 125 cm³/mol. The van der Waals surface area contributed by atoms with Crippen molar-refractivity contribution in [2.45, 2.75) is 45.6 Å². The lowest BCUT2D eigenvalue weighted by molar-refractivity contribution is -0.253. The molecule has 0 radical (unpaired) electrons. The quantitative estimate of drug-likeness (QED) is 0.417. The number of carbonyl (C=O) groups excluding carboxylic acids is 2. The number of fused-ring (bicyclic) bond motifs is 1. The second-order valence-electron chi connectivity index (χ2n) is 9.39. The summed E-state index contributed by atoms with van der Waals surface area (Å²) in [6, 6.07) is 25.4. The maximum Gasteiger partial charge on any atom is 0.329 e. The molecule has 33 heavy (non-hydrogen) atoms. The molecule has 0 aliphatic carbocycles. The molecule has 0 N–H and O–H groups in total. The molecule has 1 unspecified atom stereocenters. The lowest BCUT2D eigenvalue weighted by Gasteiger charge is -2.51. The van der Waals surface area contributed by atoms with Crippen LogP contribution < -0.4 is 4.90 Å². The Hall–Kier alpha value is -3.60. The third-order valence-corrected chi connectivity index (χ3v) is 6.51. The summed E-state index contributed by atoms with van der Waals surface area (Å²) in [5.41, 5.74) is 3.51. The van der Waals surface area contributed by atoms with Crippen LogP contribution in [0.15, 0.2) is 78.9 Å². The maximum atomic E-state index is 13.7. The molecule has 2 aliphatic rings. The van der Waals surface area contributed by atoms with Gasteiger partial charge in [-0.1, -0.05) is 72.8 Å². The summed E-state index contributed by atoms with van der Waals surface area (Å²) in [6.07, 6.45) is 0.223. The van der Waals surface area contributed by atoms with Gasteiger partial charge < -0.3 is 14.4 Å². The van der Waals surface area contributed by atoms with E-state index in [0.29, 0.717) is 6.54 Å². The van der Waals surface area contributed by atoms with E-state index in [2.05, 4.69) is 30.0 Å². The number of benzene rings is 3. The fourth-order valence-electron chi connectivity index (χ4n) is 5.05. The van der Waals surface area contributed by atoms with Gasteiger partial charge in [0.1, 0.15) is 0 Å². The molecular formula is C28H27NO4. The van der Waals surface area contributed by atoms with E-state index in [1.165, 1.54) is 0 Å². The molecule has 5 rings (SSSR count). The van der Waals surface area contributed by atoms with Gasteiger partial charge in [0, 0.05) is 32.5 Å². The first-order chi connectivity index (χ1) is 15.8. The molecule has 1 fully saturated rings. The van der Waals surface area contributed by atoms with Crippen molar-refractivity contribution in [2.24, 2.45) is 5.41 Å². The molecule has 2 aliphatic heterocycles. The minimum atomic E-state index is -1.51. The standard InChI is InChI=1S/C28H27NO4/c1-19-14-15-22-17-28(25(30)32-27(2,3)33-26(28)31)24(21-12-8-5-9-13-21)29(23(22)16-19)18-20-10-6-4-7-11-20/h4-16,24H,17-18H2,1-3H3. The van der Waals surface area contributed by atoms with Gasteiger partial charge in [0.15, 0.2) is 5.41 Å². The van der Waals surface area contributed by atoms with Crippen molar-refractivity contribution < 1.29 is 19.1 Å². The van der Waals surface area contributed by atoms with Crippen LogP contribution in [-0.4, -0.2) is 17.7 Å². The van der Waals surface area contributed by atoms with Crippen LogP contribution in [0.5, 0.6) is 0 Å². The first-order valence-electron chi connectivity index (χ1n) is 11.2. The van der Waals surface area contributed by atoms with E-state index in [0.717, 1.165) is 27.9 Å². The van der Waals surface area contributed by atoms with Crippen LogP contribution in [0.4, 0.5) is 5.69 Å². The van der Waals surface area contributed by atoms with Crippen molar-refractivity contribution in [1.29, 1.82) is 0 Å². The summed E-state index contributed by atoms with van der Waals surface area (Å²) < 4.78 is 11.4. The Bertz CT molecular complexity index is 1180. The zero-order valence-corrected chi connectivity index (χ0v) is 19.1. The van der Waals surface area contributed by atoms with E-state index in [1.807, 2.05) is 60.7 Å². The second-order valence-corrected chi connectivity index (χ2v) is 9.39. The molecule has 0 amide bonds. The zero-order chi connectivity index (χ0) is 23.2. The van der Waals surface area contributed by atoms with Gasteiger partial charge in [-0.15, -0.1) is 0 Å². The number of anilines is 1. The zero-order valence-electron chi connectivity index (χ0n) is 19.1. The largest absolute Gasteiger partial charge is 0.422 e. The molecule has 1 saturated heterocycles. The molecule has 3 aromatic carbocycles. The number of hydrogen-bond donors (Lipinski definition) is 0. The molecule has 1 spiro atoms. The van der Waals surface area contributed by atoms with Crippen LogP contribution in [0.2, 0.25) is 0 Å². The first-order valence-corrected chi connectivity index (χ1v) is 11.2. The van der Waals surface area contributed by atoms with Crippen molar-refractivity contribution in [2.75, 3.05) is 4.90 Å². The predicted octanol–water partition coefficient (Wildman–Crippen LogP) is 5.12. The Morgan fingerprint density at radius 2 is 1.48 bits per heavy atom. The number of ether oxygens (including phenoxy) is 2. The van der Waals surface area contributed by atoms with E-state index in [1.54, 1.807) is 13.8 Å². The summed E-state index contributed by atoms with van der Waals surface area (Å²) in [5.74, 6) is -2.37. The van der Waals surface area contributed by atoms with Crippen LogP contribution in [-0.2, 0) is 32.0 Å². The molecule has 0 aromatic heterocycles. The van der Waals surface area contributed by atoms with Gasteiger partial charge in [0.05, 0.1) is 6.04 Å². The number of rotatable bonds is 3. The molecular weight excluding hydrogens is 414 g/mol. The summed E-state index contributed by atoms with van der Waals surface area (Å²) in [4.78, 5) is 29.6. The first kappa shape index (κ1) is 21.3. The fraction of sp³-hybridized carbons (Fsp3) is 0.286. The number of aryl methyl sites for hydroxylation is 1. The summed E-state index contributed by atoms with van der Waals surface area (Å²) in [7, 11) is 0. The van der Waals surface area contributed by atoms with Crippen LogP contribution in [0.1, 0.15) is 42.1 Å². The smallest absolute Gasteiger partial charge is 0.329 e. The SMILES string of the molecule is Cc1ccc2c(c1)N(Cc1ccccc1)C(c1ccccc1)C1(C2)C(=O)OC(C)(C)OC1=O. The molecule has 1 atom stereocenters. The third kappa shape index (κ3) is 3.58. The molecule has 2 heterocycles. The molecule has 3 aromatic rings. The van der Waals surface area contributed by atoms with Gasteiger partial charge in [-0.3, -0.25) is 9.59 Å². The number of cyclic esters (lactones) is 2. The monoisotopic (exact) mass is 441 g/mol. The maximum absolute atomic E-state index is 13.7. The Balaban J connectivity index is 1.75. The molecule has 5 nitrogen and oxygen atoms in total. The highest BCUT2D eigenvalue weighted by Crippen LogP contribution is 2.53. The highest BCUT2D eigenvalue weighted by atomic mass is 16.7. The molecule has 5 heteroatoms. The topological polar surface area (TPSA) is 55.8 Å². The Kier molecular flexibility index (Phi) is 5.00. The highest BCUT2D eigenvalue weighted by molar-refractivity contribution is 6.04. The second kappa shape index (κ2) is 7.77. The van der Waals surface area contributed by atoms with E-state index in [-0.39, 0.29) is 6.42 Å². The minimum Gasteiger partial charge on any atom is -0.422 e. The minimum absolute atomic E-state index is 0.223. The Labute approximate surface area is 193 Å². The van der Waals surface area contributed by atoms with Gasteiger partial charge in [-0.2, -0.15) is 0 Å². The average Bonchev–Trinajstić information content (AvgIpc) is 2.78. The van der Waals surface area contributed by atoms with Crippen molar-refractivity contribution in [3.63, 3.8) is 0 Å². The van der Waals surface area contributed by atoms with Gasteiger partial charge >= 0.3 is 11.9 Å². The van der Waals surface area contributed by atoms with E-state index in [9.17, 15) is 9.59 Å². The molecule has 0 bridgehead atoms. The average molecular weight is 442 g/mol. The summed E-state index contributed by atoms with van der Waals surface area (Å²) >= 11 is 0. The number of esters is 2. The summed E-state index contributed by atoms with van der Waals surface area (Å²) in [6.45, 7) is 5.77. The third-order valence-electron chi connectivity index (χ3n) is 6.51. The molecule has 168 valence electrons.